The largest absolute Gasteiger partial charge is 0.378 e. The predicted octanol–water partition coefficient (Wildman–Crippen LogP) is 2.93. The summed E-state index contributed by atoms with van der Waals surface area (Å²) in [7, 11) is 3.94. The summed E-state index contributed by atoms with van der Waals surface area (Å²) in [5.74, 6) is -0.496. The minimum Gasteiger partial charge on any atom is -0.378 e. The highest BCUT2D eigenvalue weighted by molar-refractivity contribution is 5.94. The fraction of sp³-hybridized carbons (Fsp3) is 0.250. The molecule has 0 bridgehead atoms. The molecule has 26 heavy (non-hydrogen) atoms. The lowest BCUT2D eigenvalue weighted by Crippen LogP contribution is -2.20. The van der Waals surface area contributed by atoms with E-state index in [1.54, 1.807) is 6.21 Å². The Bertz CT molecular complexity index is 783. The highest BCUT2D eigenvalue weighted by atomic mass is 16.2. The van der Waals surface area contributed by atoms with E-state index in [2.05, 4.69) is 15.8 Å². The van der Waals surface area contributed by atoms with Crippen LogP contribution in [0.4, 0.5) is 11.4 Å². The number of anilines is 2. The van der Waals surface area contributed by atoms with E-state index in [-0.39, 0.29) is 24.7 Å². The Morgan fingerprint density at radius 1 is 1.00 bits per heavy atom. The van der Waals surface area contributed by atoms with Crippen molar-refractivity contribution < 1.29 is 9.59 Å². The zero-order chi connectivity index (χ0) is 18.9. The Labute approximate surface area is 153 Å². The van der Waals surface area contributed by atoms with Gasteiger partial charge >= 0.3 is 0 Å². The number of para-hydroxylation sites is 1. The topological polar surface area (TPSA) is 73.8 Å². The summed E-state index contributed by atoms with van der Waals surface area (Å²) in [5.41, 5.74) is 6.15. The van der Waals surface area contributed by atoms with Crippen LogP contribution in [0.3, 0.4) is 0 Å². The fourth-order valence-corrected chi connectivity index (χ4v) is 2.25. The molecule has 0 saturated heterocycles. The lowest BCUT2D eigenvalue weighted by atomic mass is 10.2. The summed E-state index contributed by atoms with van der Waals surface area (Å²) in [6.07, 6.45) is 1.76. The molecule has 6 nitrogen and oxygen atoms in total. The van der Waals surface area contributed by atoms with Crippen LogP contribution < -0.4 is 15.6 Å². The lowest BCUT2D eigenvalue weighted by Gasteiger charge is -2.11. The second-order valence-corrected chi connectivity index (χ2v) is 6.14. The van der Waals surface area contributed by atoms with Crippen LogP contribution in [0.15, 0.2) is 53.6 Å². The second-order valence-electron chi connectivity index (χ2n) is 6.14. The van der Waals surface area contributed by atoms with Gasteiger partial charge in [-0.25, -0.2) is 5.43 Å². The lowest BCUT2D eigenvalue weighted by molar-refractivity contribution is -0.124. The van der Waals surface area contributed by atoms with Gasteiger partial charge in [-0.2, -0.15) is 5.10 Å². The van der Waals surface area contributed by atoms with Gasteiger partial charge in [-0.3, -0.25) is 9.59 Å². The number of nitrogens with one attached hydrogen (secondary N) is 2. The molecule has 2 aromatic carbocycles. The Morgan fingerprint density at radius 2 is 1.65 bits per heavy atom. The van der Waals surface area contributed by atoms with Gasteiger partial charge in [0, 0.05) is 38.3 Å². The van der Waals surface area contributed by atoms with Crippen molar-refractivity contribution in [3.63, 3.8) is 0 Å². The van der Waals surface area contributed by atoms with Gasteiger partial charge in [-0.15, -0.1) is 0 Å². The van der Waals surface area contributed by atoms with E-state index in [0.717, 1.165) is 22.5 Å². The van der Waals surface area contributed by atoms with Gasteiger partial charge < -0.3 is 10.2 Å². The van der Waals surface area contributed by atoms with Crippen molar-refractivity contribution in [1.29, 1.82) is 0 Å². The Morgan fingerprint density at radius 3 is 2.31 bits per heavy atom. The van der Waals surface area contributed by atoms with Gasteiger partial charge in [-0.05, 0) is 36.2 Å². The standard InChI is InChI=1S/C20H24N4O2/c1-15-6-4-5-7-18(15)22-19(25)12-13-20(26)23-21-14-16-8-10-17(11-9-16)24(2)3/h4-11,14H,12-13H2,1-3H3,(H,22,25)(H,23,26)/b21-14-. The Balaban J connectivity index is 1.74. The van der Waals surface area contributed by atoms with Crippen molar-refractivity contribution in [2.75, 3.05) is 24.3 Å². The van der Waals surface area contributed by atoms with Crippen LogP contribution in [-0.4, -0.2) is 32.1 Å². The molecule has 0 radical (unpaired) electrons. The third kappa shape index (κ3) is 6.05. The van der Waals surface area contributed by atoms with Crippen molar-refractivity contribution in [3.8, 4) is 0 Å². The van der Waals surface area contributed by atoms with Crippen molar-refractivity contribution in [3.05, 3.63) is 59.7 Å². The summed E-state index contributed by atoms with van der Waals surface area (Å²) in [4.78, 5) is 25.7. The van der Waals surface area contributed by atoms with Crippen LogP contribution in [0.25, 0.3) is 0 Å². The maximum absolute atomic E-state index is 11.9. The van der Waals surface area contributed by atoms with Crippen LogP contribution in [0.5, 0.6) is 0 Å². The molecule has 0 saturated carbocycles. The molecule has 0 unspecified atom stereocenters. The summed E-state index contributed by atoms with van der Waals surface area (Å²) in [6.45, 7) is 1.92. The number of carbonyl (C=O) groups is 2. The Kier molecular flexibility index (Phi) is 6.91. The van der Waals surface area contributed by atoms with Crippen LogP contribution in [0.2, 0.25) is 0 Å². The fourth-order valence-electron chi connectivity index (χ4n) is 2.25. The SMILES string of the molecule is Cc1ccccc1NC(=O)CCC(=O)N/N=C\c1ccc(N(C)C)cc1. The van der Waals surface area contributed by atoms with Crippen molar-refractivity contribution >= 4 is 29.4 Å². The molecule has 2 N–H and O–H groups in total. The number of hydrogen-bond acceptors (Lipinski definition) is 4. The van der Waals surface area contributed by atoms with Gasteiger partial charge in [0.05, 0.1) is 6.21 Å². The van der Waals surface area contributed by atoms with Crippen LogP contribution in [0.1, 0.15) is 24.0 Å². The molecule has 2 aromatic rings. The van der Waals surface area contributed by atoms with Gasteiger partial charge in [0.15, 0.2) is 0 Å². The van der Waals surface area contributed by atoms with Gasteiger partial charge in [0.25, 0.3) is 0 Å². The molecule has 0 spiro atoms. The number of hydrogen-bond donors (Lipinski definition) is 2. The molecule has 0 aliphatic rings. The number of benzene rings is 2. The molecule has 6 heteroatoms. The monoisotopic (exact) mass is 352 g/mol. The maximum atomic E-state index is 11.9. The van der Waals surface area contributed by atoms with E-state index in [0.29, 0.717) is 0 Å². The highest BCUT2D eigenvalue weighted by Crippen LogP contribution is 2.13. The normalized spacial score (nSPS) is 10.6. The molecule has 0 aliphatic carbocycles. The van der Waals surface area contributed by atoms with E-state index < -0.39 is 0 Å². The number of aryl methyl sites for hydroxylation is 1. The highest BCUT2D eigenvalue weighted by Gasteiger charge is 2.07. The minimum atomic E-state index is -0.300. The molecule has 2 rings (SSSR count). The number of rotatable bonds is 7. The second kappa shape index (κ2) is 9.36. The van der Waals surface area contributed by atoms with Gasteiger partial charge in [0.2, 0.25) is 11.8 Å². The maximum Gasteiger partial charge on any atom is 0.240 e. The molecule has 136 valence electrons. The predicted molar refractivity (Wildman–Crippen MR) is 106 cm³/mol. The van der Waals surface area contributed by atoms with E-state index >= 15 is 0 Å². The number of amides is 2. The molecule has 0 fully saturated rings. The third-order valence-electron chi connectivity index (χ3n) is 3.81. The van der Waals surface area contributed by atoms with Crippen molar-refractivity contribution in [2.45, 2.75) is 19.8 Å². The van der Waals surface area contributed by atoms with E-state index in [9.17, 15) is 9.59 Å². The number of carbonyl (C=O) groups excluding carboxylic acids is 2. The molecular weight excluding hydrogens is 328 g/mol. The first-order valence-electron chi connectivity index (χ1n) is 8.40. The van der Waals surface area contributed by atoms with Crippen LogP contribution in [0, 0.1) is 6.92 Å². The smallest absolute Gasteiger partial charge is 0.240 e. The molecule has 0 heterocycles. The first-order valence-corrected chi connectivity index (χ1v) is 8.40. The first-order chi connectivity index (χ1) is 12.5. The van der Waals surface area contributed by atoms with E-state index in [4.69, 9.17) is 0 Å². The Hall–Kier alpha value is -3.15. The summed E-state index contributed by atoms with van der Waals surface area (Å²) < 4.78 is 0. The van der Waals surface area contributed by atoms with Gasteiger partial charge in [0.1, 0.15) is 0 Å². The molecule has 0 aromatic heterocycles. The summed E-state index contributed by atoms with van der Waals surface area (Å²) in [6, 6.07) is 15.3. The summed E-state index contributed by atoms with van der Waals surface area (Å²) >= 11 is 0. The molecule has 2 amide bonds. The number of hydrazone groups is 1. The minimum absolute atomic E-state index is 0.0780. The quantitative estimate of drug-likeness (QED) is 0.594. The average molecular weight is 352 g/mol. The van der Waals surface area contributed by atoms with Crippen molar-refractivity contribution in [1.82, 2.24) is 5.43 Å². The van der Waals surface area contributed by atoms with E-state index in [1.807, 2.05) is 74.4 Å². The zero-order valence-electron chi connectivity index (χ0n) is 15.3. The van der Waals surface area contributed by atoms with Crippen molar-refractivity contribution in [2.24, 2.45) is 5.10 Å². The zero-order valence-corrected chi connectivity index (χ0v) is 15.3. The number of nitrogens with zero attached hydrogens (tertiary/aromatic N) is 2. The first kappa shape index (κ1) is 19.2. The van der Waals surface area contributed by atoms with E-state index in [1.165, 1.54) is 0 Å². The summed E-state index contributed by atoms with van der Waals surface area (Å²) in [5, 5.41) is 6.72. The third-order valence-corrected chi connectivity index (χ3v) is 3.81. The molecule has 0 aliphatic heterocycles. The molecular formula is C20H24N4O2. The van der Waals surface area contributed by atoms with Gasteiger partial charge in [-0.1, -0.05) is 30.3 Å². The molecule has 0 atom stereocenters. The van der Waals surface area contributed by atoms with Crippen LogP contribution in [-0.2, 0) is 9.59 Å². The van der Waals surface area contributed by atoms with Crippen LogP contribution >= 0.6 is 0 Å². The average Bonchev–Trinajstić information content (AvgIpc) is 2.62.